The number of ether oxygens (including phenoxy) is 1. The number of halogens is 2. The summed E-state index contributed by atoms with van der Waals surface area (Å²) < 4.78 is 20.7. The van der Waals surface area contributed by atoms with Crippen LogP contribution in [0.5, 0.6) is 11.5 Å². The number of nitrogens with zero attached hydrogens (tertiary/aromatic N) is 2. The first kappa shape index (κ1) is 21.6. The lowest BCUT2D eigenvalue weighted by molar-refractivity contribution is -0.128. The lowest BCUT2D eigenvalue weighted by Gasteiger charge is -2.28. The van der Waals surface area contributed by atoms with Gasteiger partial charge in [0.15, 0.2) is 17.6 Å². The zero-order chi connectivity index (χ0) is 23.2. The van der Waals surface area contributed by atoms with Crippen LogP contribution < -0.4 is 20.9 Å². The summed E-state index contributed by atoms with van der Waals surface area (Å²) in [5.74, 6) is -2.25. The van der Waals surface area contributed by atoms with Gasteiger partial charge in [0.25, 0.3) is 17.4 Å². The summed E-state index contributed by atoms with van der Waals surface area (Å²) in [4.78, 5) is 41.9. The van der Waals surface area contributed by atoms with Gasteiger partial charge in [0.1, 0.15) is 22.4 Å². The molecule has 0 radical (unpaired) electrons. The molecule has 9 nitrogen and oxygen atoms in total. The molecule has 1 atom stereocenters. The van der Waals surface area contributed by atoms with Crippen molar-refractivity contribution in [2.45, 2.75) is 19.1 Å². The van der Waals surface area contributed by atoms with E-state index in [0.717, 1.165) is 0 Å². The van der Waals surface area contributed by atoms with E-state index in [1.54, 1.807) is 0 Å². The molecule has 0 spiro atoms. The van der Waals surface area contributed by atoms with E-state index in [2.05, 4.69) is 15.6 Å². The topological polar surface area (TPSA) is 123 Å². The summed E-state index contributed by atoms with van der Waals surface area (Å²) in [5, 5.41) is 15.4. The fourth-order valence-electron chi connectivity index (χ4n) is 3.68. The molecule has 0 saturated carbocycles. The Labute approximate surface area is 185 Å². The normalized spacial score (nSPS) is 14.7. The minimum Gasteiger partial charge on any atom is -0.505 e. The van der Waals surface area contributed by atoms with E-state index in [9.17, 15) is 23.9 Å². The number of pyridine rings is 2. The highest BCUT2D eigenvalue weighted by molar-refractivity contribution is 6.30. The van der Waals surface area contributed by atoms with Crippen molar-refractivity contribution in [1.82, 2.24) is 20.2 Å². The zero-order valence-corrected chi connectivity index (χ0v) is 17.8. The third kappa shape index (κ3) is 3.42. The van der Waals surface area contributed by atoms with Crippen LogP contribution in [-0.4, -0.2) is 46.7 Å². The third-order valence-corrected chi connectivity index (χ3v) is 5.54. The Hall–Kier alpha value is -3.66. The predicted octanol–water partition coefficient (Wildman–Crippen LogP) is 1.35. The number of carbonyl (C=O) groups is 2. The van der Waals surface area contributed by atoms with Gasteiger partial charge >= 0.3 is 0 Å². The van der Waals surface area contributed by atoms with Crippen molar-refractivity contribution in [3.05, 3.63) is 62.3 Å². The number of benzene rings is 1. The number of likely N-dealkylation sites (N-methyl/N-ethyl adjacent to an activating group) is 1. The summed E-state index contributed by atoms with van der Waals surface area (Å²) in [6.07, 6.45) is 0.544. The zero-order valence-electron chi connectivity index (χ0n) is 17.0. The van der Waals surface area contributed by atoms with E-state index in [4.69, 9.17) is 16.3 Å². The molecule has 2 aromatic heterocycles. The molecule has 0 fully saturated rings. The molecular formula is C21H18ClFN4O5. The highest BCUT2D eigenvalue weighted by Crippen LogP contribution is 2.37. The summed E-state index contributed by atoms with van der Waals surface area (Å²) >= 11 is 5.88. The maximum atomic E-state index is 13.5. The van der Waals surface area contributed by atoms with Gasteiger partial charge in [0, 0.05) is 32.3 Å². The van der Waals surface area contributed by atoms with E-state index >= 15 is 0 Å². The standard InChI is InChI=1S/C21H18ClFN4O5/c1-24-19(29)13-8-27-16-15(17(28)14(21(27)31)20(30)25-2)26-7-10(18(16)32-13)5-9-3-4-12(23)11(22)6-9/h3-4,6-7,13,28H,5,8H2,1-2H3,(H,24,29)(H,25,30)/t13-/m0/s1. The number of hydrogen-bond acceptors (Lipinski definition) is 6. The Morgan fingerprint density at radius 3 is 2.75 bits per heavy atom. The van der Waals surface area contributed by atoms with E-state index in [1.807, 2.05) is 0 Å². The fourth-order valence-corrected chi connectivity index (χ4v) is 3.88. The van der Waals surface area contributed by atoms with Gasteiger partial charge in [0.2, 0.25) is 0 Å². The molecule has 0 unspecified atom stereocenters. The van der Waals surface area contributed by atoms with E-state index in [1.165, 1.54) is 43.1 Å². The molecule has 32 heavy (non-hydrogen) atoms. The third-order valence-electron chi connectivity index (χ3n) is 5.25. The van der Waals surface area contributed by atoms with Gasteiger partial charge in [-0.25, -0.2) is 4.39 Å². The molecule has 2 amide bonds. The highest BCUT2D eigenvalue weighted by atomic mass is 35.5. The Kier molecular flexibility index (Phi) is 5.47. The average Bonchev–Trinajstić information content (AvgIpc) is 2.79. The summed E-state index contributed by atoms with van der Waals surface area (Å²) in [5.41, 5.74) is -0.000278. The molecule has 0 saturated heterocycles. The Bertz CT molecular complexity index is 1340. The van der Waals surface area contributed by atoms with Gasteiger partial charge in [-0.05, 0) is 17.7 Å². The van der Waals surface area contributed by atoms with Crippen LogP contribution in [0.2, 0.25) is 5.02 Å². The minimum absolute atomic E-state index is 0.0190. The maximum Gasteiger partial charge on any atom is 0.268 e. The van der Waals surface area contributed by atoms with E-state index in [-0.39, 0.29) is 34.8 Å². The lowest BCUT2D eigenvalue weighted by atomic mass is 10.0. The molecule has 11 heteroatoms. The van der Waals surface area contributed by atoms with Crippen LogP contribution in [0.3, 0.4) is 0 Å². The number of rotatable bonds is 4. The Balaban J connectivity index is 1.97. The number of hydrogen-bond donors (Lipinski definition) is 3. The largest absolute Gasteiger partial charge is 0.505 e. The molecule has 0 bridgehead atoms. The lowest BCUT2D eigenvalue weighted by Crippen LogP contribution is -2.45. The molecule has 4 rings (SSSR count). The second-order valence-corrected chi connectivity index (χ2v) is 7.58. The highest BCUT2D eigenvalue weighted by Gasteiger charge is 2.34. The average molecular weight is 461 g/mol. The number of carbonyl (C=O) groups excluding carboxylic acids is 2. The van der Waals surface area contributed by atoms with Gasteiger partial charge < -0.3 is 20.5 Å². The maximum absolute atomic E-state index is 13.5. The molecule has 1 aliphatic rings. The number of aromatic hydroxyl groups is 1. The minimum atomic E-state index is -1.06. The van der Waals surface area contributed by atoms with Crippen LogP contribution >= 0.6 is 11.6 Å². The summed E-state index contributed by atoms with van der Waals surface area (Å²) in [6, 6.07) is 4.21. The van der Waals surface area contributed by atoms with Crippen LogP contribution in [0, 0.1) is 5.82 Å². The van der Waals surface area contributed by atoms with Crippen molar-refractivity contribution in [3.8, 4) is 11.5 Å². The number of aromatic nitrogens is 2. The SMILES string of the molecule is CNC(=O)c1c(O)c2ncc(Cc3ccc(F)c(Cl)c3)c3c2n(c1=O)C[C@@H](C(=O)NC)O3. The summed E-state index contributed by atoms with van der Waals surface area (Å²) in [7, 11) is 2.76. The van der Waals surface area contributed by atoms with Gasteiger partial charge in [-0.2, -0.15) is 0 Å². The molecule has 3 N–H and O–H groups in total. The van der Waals surface area contributed by atoms with Gasteiger partial charge in [-0.3, -0.25) is 23.9 Å². The molecule has 3 heterocycles. The van der Waals surface area contributed by atoms with Crippen molar-refractivity contribution in [2.24, 2.45) is 0 Å². The number of nitrogens with one attached hydrogen (secondary N) is 2. The molecule has 1 aliphatic heterocycles. The molecule has 1 aromatic carbocycles. The smallest absolute Gasteiger partial charge is 0.268 e. The molecular weight excluding hydrogens is 443 g/mol. The van der Waals surface area contributed by atoms with Gasteiger partial charge in [0.05, 0.1) is 11.6 Å². The molecule has 0 aliphatic carbocycles. The first-order valence-electron chi connectivity index (χ1n) is 9.58. The number of amides is 2. The van der Waals surface area contributed by atoms with Crippen molar-refractivity contribution in [2.75, 3.05) is 14.1 Å². The second kappa shape index (κ2) is 8.12. The quantitative estimate of drug-likeness (QED) is 0.540. The van der Waals surface area contributed by atoms with Crippen LogP contribution in [0.15, 0.2) is 29.2 Å². The fraction of sp³-hybridized carbons (Fsp3) is 0.238. The van der Waals surface area contributed by atoms with Gasteiger partial charge in [-0.15, -0.1) is 0 Å². The molecule has 3 aromatic rings. The van der Waals surface area contributed by atoms with Crippen LogP contribution in [0.25, 0.3) is 11.0 Å². The monoisotopic (exact) mass is 460 g/mol. The van der Waals surface area contributed by atoms with Crippen molar-refractivity contribution < 1.29 is 23.8 Å². The predicted molar refractivity (Wildman–Crippen MR) is 114 cm³/mol. The van der Waals surface area contributed by atoms with E-state index in [0.29, 0.717) is 11.1 Å². The van der Waals surface area contributed by atoms with Crippen molar-refractivity contribution in [1.29, 1.82) is 0 Å². The summed E-state index contributed by atoms with van der Waals surface area (Å²) in [6.45, 7) is -0.181. The first-order chi connectivity index (χ1) is 15.3. The van der Waals surface area contributed by atoms with Gasteiger partial charge in [-0.1, -0.05) is 17.7 Å². The second-order valence-electron chi connectivity index (χ2n) is 7.17. The Morgan fingerprint density at radius 2 is 2.09 bits per heavy atom. The van der Waals surface area contributed by atoms with Crippen LogP contribution in [0.1, 0.15) is 21.5 Å². The molecule has 166 valence electrons. The van der Waals surface area contributed by atoms with E-state index < -0.39 is 40.6 Å². The first-order valence-corrected chi connectivity index (χ1v) is 9.96. The Morgan fingerprint density at radius 1 is 1.34 bits per heavy atom. The van der Waals surface area contributed by atoms with Crippen LogP contribution in [0.4, 0.5) is 4.39 Å². The van der Waals surface area contributed by atoms with Crippen molar-refractivity contribution >= 4 is 34.4 Å². The van der Waals surface area contributed by atoms with Crippen LogP contribution in [-0.2, 0) is 17.8 Å². The van der Waals surface area contributed by atoms with Crippen molar-refractivity contribution in [3.63, 3.8) is 0 Å².